The van der Waals surface area contributed by atoms with Crippen LogP contribution in [0.4, 0.5) is 5.69 Å². The first kappa shape index (κ1) is 15.5. The number of hydrogen-bond acceptors (Lipinski definition) is 3. The van der Waals surface area contributed by atoms with E-state index in [9.17, 15) is 9.59 Å². The molecule has 0 bridgehead atoms. The number of nitrogens with one attached hydrogen (secondary N) is 1. The number of carbonyl (C=O) groups is 2. The Balaban J connectivity index is 2.73. The summed E-state index contributed by atoms with van der Waals surface area (Å²) in [5, 5.41) is 11.8. The fourth-order valence-electron chi connectivity index (χ4n) is 1.48. The number of carbonyl (C=O) groups excluding carboxylic acids is 1. The Bertz CT molecular complexity index is 462. The van der Waals surface area contributed by atoms with Crippen molar-refractivity contribution >= 4 is 29.2 Å². The fourth-order valence-corrected chi connectivity index (χ4v) is 1.67. The van der Waals surface area contributed by atoms with Gasteiger partial charge in [-0.05, 0) is 32.0 Å². The molecule has 2 N–H and O–H groups in total. The van der Waals surface area contributed by atoms with Crippen LogP contribution in [0.25, 0.3) is 0 Å². The molecule has 104 valence electrons. The average molecular weight is 286 g/mol. The second kappa shape index (κ2) is 7.11. The lowest BCUT2D eigenvalue weighted by Gasteiger charge is -2.18. The van der Waals surface area contributed by atoms with Crippen LogP contribution in [-0.2, 0) is 14.3 Å². The highest BCUT2D eigenvalue weighted by molar-refractivity contribution is 6.30. The van der Waals surface area contributed by atoms with E-state index in [4.69, 9.17) is 21.4 Å². The Morgan fingerprint density at radius 3 is 2.63 bits per heavy atom. The van der Waals surface area contributed by atoms with E-state index >= 15 is 0 Å². The van der Waals surface area contributed by atoms with Crippen LogP contribution in [-0.4, -0.2) is 29.2 Å². The lowest BCUT2D eigenvalue weighted by atomic mass is 10.2. The predicted octanol–water partition coefficient (Wildman–Crippen LogP) is 2.55. The van der Waals surface area contributed by atoms with Crippen molar-refractivity contribution < 1.29 is 19.4 Å². The maximum absolute atomic E-state index is 12.0. The molecule has 0 heterocycles. The lowest BCUT2D eigenvalue weighted by Crippen LogP contribution is -2.34. The maximum atomic E-state index is 12.0. The van der Waals surface area contributed by atoms with E-state index in [1.165, 1.54) is 0 Å². The molecule has 0 spiro atoms. The number of ether oxygens (including phenoxy) is 1. The molecule has 6 heteroatoms. The summed E-state index contributed by atoms with van der Waals surface area (Å²) >= 11 is 5.80. The molecule has 1 amide bonds. The summed E-state index contributed by atoms with van der Waals surface area (Å²) in [6, 6.07) is 6.60. The van der Waals surface area contributed by atoms with E-state index in [1.807, 2.05) is 0 Å². The molecule has 5 nitrogen and oxygen atoms in total. The summed E-state index contributed by atoms with van der Waals surface area (Å²) in [6.45, 7) is 3.48. The van der Waals surface area contributed by atoms with Gasteiger partial charge in [0.15, 0.2) is 0 Å². The topological polar surface area (TPSA) is 75.6 Å². The molecule has 0 saturated heterocycles. The molecule has 0 aliphatic carbocycles. The van der Waals surface area contributed by atoms with Crippen LogP contribution >= 0.6 is 11.6 Å². The van der Waals surface area contributed by atoms with Gasteiger partial charge < -0.3 is 15.2 Å². The molecule has 0 aliphatic rings. The average Bonchev–Trinajstić information content (AvgIpc) is 2.26. The molecular weight excluding hydrogens is 270 g/mol. The van der Waals surface area contributed by atoms with Gasteiger partial charge in [-0.15, -0.1) is 0 Å². The standard InChI is InChI=1S/C13H16ClNO4/c1-8(2)19-11(7-12(16)17)13(18)15-10-5-3-4-9(14)6-10/h3-6,8,11H,7H2,1-2H3,(H,15,18)(H,16,17). The summed E-state index contributed by atoms with van der Waals surface area (Å²) in [7, 11) is 0. The molecule has 1 atom stereocenters. The fraction of sp³-hybridized carbons (Fsp3) is 0.385. The molecule has 0 radical (unpaired) electrons. The first-order valence-electron chi connectivity index (χ1n) is 5.82. The van der Waals surface area contributed by atoms with Crippen LogP contribution in [0.2, 0.25) is 5.02 Å². The van der Waals surface area contributed by atoms with Crippen molar-refractivity contribution in [1.29, 1.82) is 0 Å². The van der Waals surface area contributed by atoms with E-state index in [0.717, 1.165) is 0 Å². The zero-order valence-corrected chi connectivity index (χ0v) is 11.5. The van der Waals surface area contributed by atoms with Gasteiger partial charge in [0.05, 0.1) is 12.5 Å². The third-order valence-corrected chi connectivity index (χ3v) is 2.42. The molecular formula is C13H16ClNO4. The van der Waals surface area contributed by atoms with Crippen LogP contribution in [0.15, 0.2) is 24.3 Å². The summed E-state index contributed by atoms with van der Waals surface area (Å²) in [5.74, 6) is -1.59. The zero-order valence-electron chi connectivity index (χ0n) is 10.7. The van der Waals surface area contributed by atoms with Crippen LogP contribution < -0.4 is 5.32 Å². The van der Waals surface area contributed by atoms with Crippen LogP contribution in [0.3, 0.4) is 0 Å². The number of hydrogen-bond donors (Lipinski definition) is 2. The summed E-state index contributed by atoms with van der Waals surface area (Å²) in [4.78, 5) is 22.7. The van der Waals surface area contributed by atoms with Gasteiger partial charge in [-0.2, -0.15) is 0 Å². The Kier molecular flexibility index (Phi) is 5.79. The van der Waals surface area contributed by atoms with Gasteiger partial charge in [0, 0.05) is 10.7 Å². The van der Waals surface area contributed by atoms with Crippen molar-refractivity contribution in [3.05, 3.63) is 29.3 Å². The molecule has 1 aromatic rings. The number of anilines is 1. The monoisotopic (exact) mass is 285 g/mol. The lowest BCUT2D eigenvalue weighted by molar-refractivity contribution is -0.146. The third kappa shape index (κ3) is 5.72. The number of carboxylic acids is 1. The smallest absolute Gasteiger partial charge is 0.306 e. The predicted molar refractivity (Wildman–Crippen MR) is 72.3 cm³/mol. The number of aliphatic carboxylic acids is 1. The van der Waals surface area contributed by atoms with Gasteiger partial charge in [0.25, 0.3) is 5.91 Å². The minimum absolute atomic E-state index is 0.241. The normalized spacial score (nSPS) is 12.2. The van der Waals surface area contributed by atoms with E-state index in [2.05, 4.69) is 5.32 Å². The number of benzene rings is 1. The summed E-state index contributed by atoms with van der Waals surface area (Å²) in [5.41, 5.74) is 0.500. The van der Waals surface area contributed by atoms with Crippen molar-refractivity contribution in [2.45, 2.75) is 32.5 Å². The number of rotatable bonds is 6. The SMILES string of the molecule is CC(C)OC(CC(=O)O)C(=O)Nc1cccc(Cl)c1. The third-order valence-electron chi connectivity index (χ3n) is 2.18. The van der Waals surface area contributed by atoms with Gasteiger partial charge in [0.2, 0.25) is 0 Å². The summed E-state index contributed by atoms with van der Waals surface area (Å²) in [6.07, 6.45) is -1.66. The van der Waals surface area contributed by atoms with E-state index in [0.29, 0.717) is 10.7 Å². The van der Waals surface area contributed by atoms with Crippen LogP contribution in [0, 0.1) is 0 Å². The number of halogens is 1. The van der Waals surface area contributed by atoms with E-state index in [1.54, 1.807) is 38.1 Å². The van der Waals surface area contributed by atoms with Crippen molar-refractivity contribution in [2.75, 3.05) is 5.32 Å². The Labute approximate surface area is 116 Å². The number of amides is 1. The van der Waals surface area contributed by atoms with Gasteiger partial charge >= 0.3 is 5.97 Å². The van der Waals surface area contributed by atoms with Crippen molar-refractivity contribution in [3.63, 3.8) is 0 Å². The van der Waals surface area contributed by atoms with Gasteiger partial charge in [0.1, 0.15) is 6.10 Å². The molecule has 0 aromatic heterocycles. The van der Waals surface area contributed by atoms with Crippen LogP contribution in [0.5, 0.6) is 0 Å². The van der Waals surface area contributed by atoms with Gasteiger partial charge in [-0.25, -0.2) is 0 Å². The summed E-state index contributed by atoms with van der Waals surface area (Å²) < 4.78 is 5.30. The first-order valence-corrected chi connectivity index (χ1v) is 6.20. The molecule has 0 fully saturated rings. The largest absolute Gasteiger partial charge is 0.481 e. The second-order valence-corrected chi connectivity index (χ2v) is 4.71. The first-order chi connectivity index (χ1) is 8.88. The second-order valence-electron chi connectivity index (χ2n) is 4.27. The number of carboxylic acid groups (broad SMARTS) is 1. The minimum atomic E-state index is -1.09. The molecule has 19 heavy (non-hydrogen) atoms. The van der Waals surface area contributed by atoms with Crippen molar-refractivity contribution in [2.24, 2.45) is 0 Å². The molecule has 1 unspecified atom stereocenters. The van der Waals surface area contributed by atoms with Gasteiger partial charge in [-0.1, -0.05) is 17.7 Å². The molecule has 0 aliphatic heterocycles. The Hall–Kier alpha value is -1.59. The quantitative estimate of drug-likeness (QED) is 0.842. The van der Waals surface area contributed by atoms with Gasteiger partial charge in [-0.3, -0.25) is 9.59 Å². The van der Waals surface area contributed by atoms with Crippen molar-refractivity contribution in [1.82, 2.24) is 0 Å². The zero-order chi connectivity index (χ0) is 14.4. The molecule has 0 saturated carbocycles. The van der Waals surface area contributed by atoms with Crippen LogP contribution in [0.1, 0.15) is 20.3 Å². The molecule has 1 aromatic carbocycles. The highest BCUT2D eigenvalue weighted by Crippen LogP contribution is 2.16. The highest BCUT2D eigenvalue weighted by Gasteiger charge is 2.23. The van der Waals surface area contributed by atoms with Crippen molar-refractivity contribution in [3.8, 4) is 0 Å². The molecule has 1 rings (SSSR count). The Morgan fingerprint density at radius 2 is 2.11 bits per heavy atom. The maximum Gasteiger partial charge on any atom is 0.306 e. The Morgan fingerprint density at radius 1 is 1.42 bits per heavy atom. The minimum Gasteiger partial charge on any atom is -0.481 e. The van der Waals surface area contributed by atoms with E-state index in [-0.39, 0.29) is 12.5 Å². The highest BCUT2D eigenvalue weighted by atomic mass is 35.5. The van der Waals surface area contributed by atoms with E-state index < -0.39 is 18.0 Å².